The van der Waals surface area contributed by atoms with Crippen LogP contribution >= 0.6 is 39.1 Å². The van der Waals surface area contributed by atoms with Crippen LogP contribution in [0.2, 0.25) is 10.0 Å². The summed E-state index contributed by atoms with van der Waals surface area (Å²) in [4.78, 5) is 12.6. The highest BCUT2D eigenvalue weighted by molar-refractivity contribution is 9.10. The van der Waals surface area contributed by atoms with E-state index >= 15 is 0 Å². The van der Waals surface area contributed by atoms with Crippen molar-refractivity contribution in [1.82, 2.24) is 0 Å². The number of hydrogen-bond acceptors (Lipinski definition) is 3. The van der Waals surface area contributed by atoms with E-state index in [1.54, 1.807) is 18.2 Å². The highest BCUT2D eigenvalue weighted by Gasteiger charge is 2.43. The van der Waals surface area contributed by atoms with Gasteiger partial charge in [0.05, 0.1) is 15.6 Å². The van der Waals surface area contributed by atoms with Gasteiger partial charge in [0.25, 0.3) is 0 Å². The number of nitrogens with one attached hydrogen (secondary N) is 1. The van der Waals surface area contributed by atoms with E-state index in [1.807, 2.05) is 0 Å². The molecule has 0 aliphatic heterocycles. The normalized spacial score (nSPS) is 12.0. The molecule has 8 heteroatoms. The van der Waals surface area contributed by atoms with Crippen LogP contribution in [0.1, 0.15) is 13.8 Å². The standard InChI is InChI=1S/C16H14BrCl2NO3S/c1-16(2,24(22,23)12-6-3-10(17)4-7-12)15(21)20-14-8-5-11(18)9-13(14)19/h3-9H,1-2H3,(H,20,21). The summed E-state index contributed by atoms with van der Waals surface area (Å²) in [6.07, 6.45) is 0. The van der Waals surface area contributed by atoms with Crippen LogP contribution < -0.4 is 5.32 Å². The Kier molecular flexibility index (Phi) is 5.64. The molecular weight excluding hydrogens is 437 g/mol. The van der Waals surface area contributed by atoms with Gasteiger partial charge in [0.1, 0.15) is 4.75 Å². The molecule has 0 saturated heterocycles. The topological polar surface area (TPSA) is 63.2 Å². The SMILES string of the molecule is CC(C)(C(=O)Nc1ccc(Cl)cc1Cl)S(=O)(=O)c1ccc(Br)cc1. The van der Waals surface area contributed by atoms with Crippen molar-refractivity contribution >= 4 is 60.6 Å². The van der Waals surface area contributed by atoms with Crippen molar-refractivity contribution in [2.45, 2.75) is 23.5 Å². The third-order valence-corrected chi connectivity index (χ3v) is 7.02. The second-order valence-corrected chi connectivity index (χ2v) is 9.80. The fourth-order valence-corrected chi connectivity index (χ4v) is 3.99. The molecule has 0 heterocycles. The molecule has 0 spiro atoms. The number of rotatable bonds is 4. The van der Waals surface area contributed by atoms with E-state index in [1.165, 1.54) is 38.1 Å². The summed E-state index contributed by atoms with van der Waals surface area (Å²) < 4.78 is 24.7. The first-order chi connectivity index (χ1) is 11.1. The van der Waals surface area contributed by atoms with Gasteiger partial charge in [-0.2, -0.15) is 0 Å². The van der Waals surface area contributed by atoms with Gasteiger partial charge in [0, 0.05) is 9.50 Å². The second-order valence-electron chi connectivity index (χ2n) is 5.55. The molecule has 1 amide bonds. The summed E-state index contributed by atoms with van der Waals surface area (Å²) in [5, 5.41) is 3.19. The van der Waals surface area contributed by atoms with Crippen molar-refractivity contribution < 1.29 is 13.2 Å². The highest BCUT2D eigenvalue weighted by atomic mass is 79.9. The van der Waals surface area contributed by atoms with Crippen molar-refractivity contribution in [2.24, 2.45) is 0 Å². The smallest absolute Gasteiger partial charge is 0.245 e. The Hall–Kier alpha value is -1.08. The molecule has 2 rings (SSSR count). The molecule has 0 aliphatic carbocycles. The largest absolute Gasteiger partial charge is 0.323 e. The molecule has 0 aliphatic rings. The van der Waals surface area contributed by atoms with Crippen molar-refractivity contribution in [3.8, 4) is 0 Å². The van der Waals surface area contributed by atoms with E-state index in [9.17, 15) is 13.2 Å². The van der Waals surface area contributed by atoms with Gasteiger partial charge in [-0.3, -0.25) is 4.79 Å². The lowest BCUT2D eigenvalue weighted by Gasteiger charge is -2.24. The Morgan fingerprint density at radius 2 is 1.67 bits per heavy atom. The fraction of sp³-hybridized carbons (Fsp3) is 0.188. The third-order valence-electron chi connectivity index (χ3n) is 3.52. The van der Waals surface area contributed by atoms with Crippen molar-refractivity contribution in [1.29, 1.82) is 0 Å². The molecule has 1 N–H and O–H groups in total. The molecule has 2 aromatic rings. The predicted molar refractivity (Wildman–Crippen MR) is 100 cm³/mol. The molecule has 0 fully saturated rings. The number of benzene rings is 2. The predicted octanol–water partition coefficient (Wildman–Crippen LogP) is 4.95. The van der Waals surface area contributed by atoms with Gasteiger partial charge in [-0.25, -0.2) is 8.42 Å². The first-order valence-corrected chi connectivity index (χ1v) is 9.85. The molecule has 2 aromatic carbocycles. The average Bonchev–Trinajstić information content (AvgIpc) is 2.50. The van der Waals surface area contributed by atoms with E-state index in [-0.39, 0.29) is 9.92 Å². The van der Waals surface area contributed by atoms with Gasteiger partial charge in [0.2, 0.25) is 5.91 Å². The number of hydrogen-bond donors (Lipinski definition) is 1. The number of amides is 1. The Morgan fingerprint density at radius 3 is 2.21 bits per heavy atom. The van der Waals surface area contributed by atoms with E-state index in [4.69, 9.17) is 23.2 Å². The van der Waals surface area contributed by atoms with Crippen LogP contribution in [0, 0.1) is 0 Å². The first-order valence-electron chi connectivity index (χ1n) is 6.82. The van der Waals surface area contributed by atoms with Gasteiger partial charge in [-0.1, -0.05) is 39.1 Å². The van der Waals surface area contributed by atoms with E-state index in [2.05, 4.69) is 21.2 Å². The molecule has 0 bridgehead atoms. The van der Waals surface area contributed by atoms with Gasteiger partial charge in [-0.05, 0) is 56.3 Å². The summed E-state index contributed by atoms with van der Waals surface area (Å²) in [5.74, 6) is -0.686. The summed E-state index contributed by atoms with van der Waals surface area (Å²) in [6.45, 7) is 2.70. The molecule has 0 atom stereocenters. The fourth-order valence-electron chi connectivity index (χ4n) is 1.89. The van der Waals surface area contributed by atoms with E-state index in [0.29, 0.717) is 10.7 Å². The van der Waals surface area contributed by atoms with Crippen LogP contribution in [-0.4, -0.2) is 19.1 Å². The number of carbonyl (C=O) groups is 1. The number of carbonyl (C=O) groups excluding carboxylic acids is 1. The van der Waals surface area contributed by atoms with Crippen LogP contribution in [0.3, 0.4) is 0 Å². The van der Waals surface area contributed by atoms with Gasteiger partial charge >= 0.3 is 0 Å². The third kappa shape index (κ3) is 3.77. The van der Waals surface area contributed by atoms with Crippen molar-refractivity contribution in [3.63, 3.8) is 0 Å². The van der Waals surface area contributed by atoms with Gasteiger partial charge in [0.15, 0.2) is 9.84 Å². The molecule has 0 saturated carbocycles. The van der Waals surface area contributed by atoms with E-state index < -0.39 is 20.5 Å². The Balaban J connectivity index is 2.34. The molecule has 4 nitrogen and oxygen atoms in total. The molecule has 0 aromatic heterocycles. The molecule has 128 valence electrons. The molecular formula is C16H14BrCl2NO3S. The average molecular weight is 451 g/mol. The maximum absolute atomic E-state index is 12.8. The van der Waals surface area contributed by atoms with Crippen LogP contribution in [0.4, 0.5) is 5.69 Å². The first kappa shape index (κ1) is 19.2. The lowest BCUT2D eigenvalue weighted by Crippen LogP contribution is -2.44. The molecule has 24 heavy (non-hydrogen) atoms. The number of anilines is 1. The zero-order valence-corrected chi connectivity index (χ0v) is 16.7. The maximum Gasteiger partial charge on any atom is 0.245 e. The van der Waals surface area contributed by atoms with Crippen LogP contribution in [-0.2, 0) is 14.6 Å². The second kappa shape index (κ2) is 7.04. The highest BCUT2D eigenvalue weighted by Crippen LogP contribution is 2.30. The monoisotopic (exact) mass is 449 g/mol. The lowest BCUT2D eigenvalue weighted by atomic mass is 10.2. The summed E-state index contributed by atoms with van der Waals surface area (Å²) in [5.41, 5.74) is 0.296. The summed E-state index contributed by atoms with van der Waals surface area (Å²) in [6, 6.07) is 10.7. The van der Waals surface area contributed by atoms with E-state index in [0.717, 1.165) is 4.47 Å². The number of sulfone groups is 1. The Labute approximate surface area is 159 Å². The van der Waals surface area contributed by atoms with Crippen LogP contribution in [0.25, 0.3) is 0 Å². The van der Waals surface area contributed by atoms with Crippen molar-refractivity contribution in [2.75, 3.05) is 5.32 Å². The quantitative estimate of drug-likeness (QED) is 0.716. The zero-order valence-electron chi connectivity index (χ0n) is 12.8. The minimum atomic E-state index is -3.90. The Morgan fingerprint density at radius 1 is 1.08 bits per heavy atom. The van der Waals surface area contributed by atoms with Crippen LogP contribution in [0.5, 0.6) is 0 Å². The summed E-state index contributed by atoms with van der Waals surface area (Å²) in [7, 11) is -3.90. The van der Waals surface area contributed by atoms with Crippen molar-refractivity contribution in [3.05, 3.63) is 57.0 Å². The van der Waals surface area contributed by atoms with Gasteiger partial charge < -0.3 is 5.32 Å². The molecule has 0 unspecified atom stereocenters. The lowest BCUT2D eigenvalue weighted by molar-refractivity contribution is -0.117. The summed E-state index contributed by atoms with van der Waals surface area (Å²) >= 11 is 15.1. The zero-order chi connectivity index (χ0) is 18.1. The maximum atomic E-state index is 12.8. The number of halogens is 3. The molecule has 0 radical (unpaired) electrons. The minimum absolute atomic E-state index is 0.0630. The minimum Gasteiger partial charge on any atom is -0.323 e. The van der Waals surface area contributed by atoms with Gasteiger partial charge in [-0.15, -0.1) is 0 Å². The Bertz CT molecular complexity index is 881. The van der Waals surface area contributed by atoms with Crippen LogP contribution in [0.15, 0.2) is 51.8 Å².